The van der Waals surface area contributed by atoms with Crippen LogP contribution in [0.2, 0.25) is 0 Å². The summed E-state index contributed by atoms with van der Waals surface area (Å²) in [6.45, 7) is 6.04. The highest BCUT2D eigenvalue weighted by atomic mass is 79.9. The molecule has 2 aromatic rings. The Hall–Kier alpha value is -1.42. The topological polar surface area (TPSA) is 29.0 Å². The van der Waals surface area contributed by atoms with Crippen molar-refractivity contribution >= 4 is 21.7 Å². The number of nitrogens with zero attached hydrogens (tertiary/aromatic N) is 3. The first-order chi connectivity index (χ1) is 8.72. The first kappa shape index (κ1) is 13.0. The van der Waals surface area contributed by atoms with Crippen molar-refractivity contribution in [3.05, 3.63) is 52.4 Å². The van der Waals surface area contributed by atoms with Crippen LogP contribution < -0.4 is 4.90 Å². The molecule has 0 unspecified atom stereocenters. The summed E-state index contributed by atoms with van der Waals surface area (Å²) >= 11 is 3.50. The predicted molar refractivity (Wildman–Crippen MR) is 77.6 cm³/mol. The van der Waals surface area contributed by atoms with E-state index in [1.165, 1.54) is 11.1 Å². The van der Waals surface area contributed by atoms with E-state index in [2.05, 4.69) is 68.9 Å². The molecule has 0 atom stereocenters. The van der Waals surface area contributed by atoms with Gasteiger partial charge < -0.3 is 4.90 Å². The Bertz CT molecular complexity index is 528. The number of hydrogen-bond acceptors (Lipinski definition) is 3. The molecule has 0 amide bonds. The number of rotatable bonds is 4. The van der Waals surface area contributed by atoms with Crippen LogP contribution in [-0.2, 0) is 6.54 Å². The molecule has 0 spiro atoms. The molecule has 94 valence electrons. The van der Waals surface area contributed by atoms with Crippen molar-refractivity contribution in [3.8, 4) is 0 Å². The number of anilines is 1. The lowest BCUT2D eigenvalue weighted by atomic mass is 10.1. The Kier molecular flexibility index (Phi) is 4.31. The Labute approximate surface area is 116 Å². The summed E-state index contributed by atoms with van der Waals surface area (Å²) in [4.78, 5) is 10.6. The summed E-state index contributed by atoms with van der Waals surface area (Å²) in [7, 11) is 0. The molecule has 0 aliphatic rings. The number of benzene rings is 1. The molecule has 0 fully saturated rings. The fourth-order valence-electron chi connectivity index (χ4n) is 1.87. The lowest BCUT2D eigenvalue weighted by Crippen LogP contribution is -2.24. The number of aromatic nitrogens is 2. The molecule has 1 aromatic carbocycles. The van der Waals surface area contributed by atoms with Gasteiger partial charge >= 0.3 is 0 Å². The normalized spacial score (nSPS) is 10.4. The molecule has 0 radical (unpaired) electrons. The van der Waals surface area contributed by atoms with Gasteiger partial charge in [-0.3, -0.25) is 0 Å². The number of halogens is 1. The second-order valence-electron chi connectivity index (χ2n) is 4.13. The van der Waals surface area contributed by atoms with Gasteiger partial charge in [-0.1, -0.05) is 24.3 Å². The van der Waals surface area contributed by atoms with Crippen molar-refractivity contribution < 1.29 is 0 Å². The maximum Gasteiger partial charge on any atom is 0.146 e. The predicted octanol–water partition coefficient (Wildman–Crippen LogP) is 3.57. The quantitative estimate of drug-likeness (QED) is 0.864. The van der Waals surface area contributed by atoms with Crippen LogP contribution in [0.15, 0.2) is 41.3 Å². The van der Waals surface area contributed by atoms with E-state index in [9.17, 15) is 0 Å². The van der Waals surface area contributed by atoms with E-state index in [0.29, 0.717) is 0 Å². The molecular weight excluding hydrogens is 290 g/mol. The number of hydrogen-bond donors (Lipinski definition) is 0. The fraction of sp³-hybridized carbons (Fsp3) is 0.286. The zero-order chi connectivity index (χ0) is 13.0. The first-order valence-corrected chi connectivity index (χ1v) is 6.76. The monoisotopic (exact) mass is 305 g/mol. The summed E-state index contributed by atoms with van der Waals surface area (Å²) < 4.78 is 0.931. The van der Waals surface area contributed by atoms with E-state index in [-0.39, 0.29) is 0 Å². The highest BCUT2D eigenvalue weighted by Crippen LogP contribution is 2.24. The third-order valence-corrected chi connectivity index (χ3v) is 3.51. The van der Waals surface area contributed by atoms with Gasteiger partial charge in [0.05, 0.1) is 4.47 Å². The summed E-state index contributed by atoms with van der Waals surface area (Å²) in [5.41, 5.74) is 2.63. The summed E-state index contributed by atoms with van der Waals surface area (Å²) in [5, 5.41) is 0. The maximum atomic E-state index is 4.34. The average molecular weight is 306 g/mol. The summed E-state index contributed by atoms with van der Waals surface area (Å²) in [6, 6.07) is 8.44. The van der Waals surface area contributed by atoms with Crippen LogP contribution in [0.4, 0.5) is 5.82 Å². The van der Waals surface area contributed by atoms with Gasteiger partial charge in [0.2, 0.25) is 0 Å². The second kappa shape index (κ2) is 5.96. The SMILES string of the molecule is CCN(Cc1ccccc1C)c1ncncc1Br. The van der Waals surface area contributed by atoms with E-state index in [0.717, 1.165) is 23.4 Å². The van der Waals surface area contributed by atoms with E-state index < -0.39 is 0 Å². The highest BCUT2D eigenvalue weighted by Gasteiger charge is 2.11. The molecule has 1 heterocycles. The molecule has 0 aliphatic carbocycles. The van der Waals surface area contributed by atoms with Gasteiger partial charge in [0, 0.05) is 19.3 Å². The van der Waals surface area contributed by atoms with Crippen LogP contribution >= 0.6 is 15.9 Å². The van der Waals surface area contributed by atoms with Crippen molar-refractivity contribution in [2.45, 2.75) is 20.4 Å². The number of aryl methyl sites for hydroxylation is 1. The minimum atomic E-state index is 0.860. The molecule has 0 saturated heterocycles. The molecule has 0 saturated carbocycles. The summed E-state index contributed by atoms with van der Waals surface area (Å²) in [5.74, 6) is 0.941. The average Bonchev–Trinajstić information content (AvgIpc) is 2.39. The summed E-state index contributed by atoms with van der Waals surface area (Å²) in [6.07, 6.45) is 3.36. The molecular formula is C14H16BrN3. The zero-order valence-electron chi connectivity index (χ0n) is 10.6. The molecule has 3 nitrogen and oxygen atoms in total. The molecule has 4 heteroatoms. The Morgan fingerprint density at radius 3 is 2.72 bits per heavy atom. The third-order valence-electron chi connectivity index (χ3n) is 2.95. The molecule has 2 rings (SSSR count). The molecule has 1 aromatic heterocycles. The first-order valence-electron chi connectivity index (χ1n) is 5.97. The van der Waals surface area contributed by atoms with Gasteiger partial charge in [-0.25, -0.2) is 9.97 Å². The van der Waals surface area contributed by atoms with Crippen molar-refractivity contribution in [3.63, 3.8) is 0 Å². The van der Waals surface area contributed by atoms with Crippen LogP contribution in [0.5, 0.6) is 0 Å². The smallest absolute Gasteiger partial charge is 0.146 e. The highest BCUT2D eigenvalue weighted by molar-refractivity contribution is 9.10. The van der Waals surface area contributed by atoms with Crippen molar-refractivity contribution in [2.24, 2.45) is 0 Å². The van der Waals surface area contributed by atoms with Crippen LogP contribution in [0, 0.1) is 6.92 Å². The lowest BCUT2D eigenvalue weighted by Gasteiger charge is -2.23. The lowest BCUT2D eigenvalue weighted by molar-refractivity contribution is 0.802. The van der Waals surface area contributed by atoms with Crippen molar-refractivity contribution in [1.82, 2.24) is 9.97 Å². The molecule has 0 bridgehead atoms. The Morgan fingerprint density at radius 1 is 1.28 bits per heavy atom. The van der Waals surface area contributed by atoms with Crippen molar-refractivity contribution in [2.75, 3.05) is 11.4 Å². The van der Waals surface area contributed by atoms with Gasteiger partial charge in [-0.2, -0.15) is 0 Å². The molecule has 0 N–H and O–H groups in total. The molecule has 0 aliphatic heterocycles. The van der Waals surface area contributed by atoms with Crippen LogP contribution in [-0.4, -0.2) is 16.5 Å². The van der Waals surface area contributed by atoms with Gasteiger partial charge in [0.1, 0.15) is 12.1 Å². The van der Waals surface area contributed by atoms with Gasteiger partial charge in [-0.05, 0) is 40.9 Å². The van der Waals surface area contributed by atoms with Crippen LogP contribution in [0.25, 0.3) is 0 Å². The molecule has 18 heavy (non-hydrogen) atoms. The Balaban J connectivity index is 2.26. The maximum absolute atomic E-state index is 4.34. The van der Waals surface area contributed by atoms with E-state index in [1.54, 1.807) is 12.5 Å². The largest absolute Gasteiger partial charge is 0.352 e. The standard InChI is InChI=1S/C14H16BrN3/c1-3-18(14-13(15)8-16-10-17-14)9-12-7-5-4-6-11(12)2/h4-8,10H,3,9H2,1-2H3. The third kappa shape index (κ3) is 2.88. The van der Waals surface area contributed by atoms with Crippen LogP contribution in [0.1, 0.15) is 18.1 Å². The van der Waals surface area contributed by atoms with Crippen LogP contribution in [0.3, 0.4) is 0 Å². The van der Waals surface area contributed by atoms with E-state index in [4.69, 9.17) is 0 Å². The minimum Gasteiger partial charge on any atom is -0.352 e. The van der Waals surface area contributed by atoms with Crippen molar-refractivity contribution in [1.29, 1.82) is 0 Å². The van der Waals surface area contributed by atoms with E-state index >= 15 is 0 Å². The van der Waals surface area contributed by atoms with Gasteiger partial charge in [-0.15, -0.1) is 0 Å². The van der Waals surface area contributed by atoms with Gasteiger partial charge in [0.15, 0.2) is 0 Å². The van der Waals surface area contributed by atoms with Gasteiger partial charge in [0.25, 0.3) is 0 Å². The van der Waals surface area contributed by atoms with E-state index in [1.807, 2.05) is 0 Å². The Morgan fingerprint density at radius 2 is 2.06 bits per heavy atom. The second-order valence-corrected chi connectivity index (χ2v) is 4.99. The fourth-order valence-corrected chi connectivity index (χ4v) is 2.34. The zero-order valence-corrected chi connectivity index (χ0v) is 12.2. The minimum absolute atomic E-state index is 0.860.